The number of aromatic amines is 1. The highest BCUT2D eigenvalue weighted by Gasteiger charge is 2.54. The Bertz CT molecular complexity index is 819. The molecule has 0 radical (unpaired) electrons. The molecule has 2 bridgehead atoms. The first-order valence-corrected chi connectivity index (χ1v) is 8.56. The van der Waals surface area contributed by atoms with Gasteiger partial charge in [-0.2, -0.15) is 0 Å². The average Bonchev–Trinajstić information content (AvgIpc) is 3.23. The molecule has 4 aliphatic rings. The van der Waals surface area contributed by atoms with Crippen molar-refractivity contribution < 1.29 is 14.3 Å². The van der Waals surface area contributed by atoms with Crippen molar-refractivity contribution in [3.63, 3.8) is 0 Å². The van der Waals surface area contributed by atoms with Crippen LogP contribution in [0.15, 0.2) is 42.6 Å². The molecule has 2 saturated heterocycles. The van der Waals surface area contributed by atoms with Crippen LogP contribution in [0.5, 0.6) is 0 Å². The van der Waals surface area contributed by atoms with E-state index in [9.17, 15) is 4.79 Å². The third-order valence-corrected chi connectivity index (χ3v) is 5.44. The van der Waals surface area contributed by atoms with E-state index in [1.54, 1.807) is 0 Å². The smallest absolute Gasteiger partial charge is 0.227 e. The number of carbonyl (C=O) groups is 1. The van der Waals surface area contributed by atoms with Crippen LogP contribution in [0.4, 0.5) is 0 Å². The first kappa shape index (κ1) is 14.3. The minimum Gasteiger partial charge on any atom is -0.361 e. The number of hydrogen-bond donors (Lipinski definition) is 1. The van der Waals surface area contributed by atoms with Crippen molar-refractivity contribution in [2.45, 2.75) is 24.7 Å². The second-order valence-electron chi connectivity index (χ2n) is 6.89. The first-order valence-electron chi connectivity index (χ1n) is 8.56. The standard InChI is InChI=1S/C19H20N2O3/c22-18(9-14-11-20-16-4-2-1-3-15(14)16)21-12-13-5-6-17(21)19(10-13)23-7-8-24-19/h1-6,11,13,17,20H,7-10,12H2/t13-,17+/m1/s1. The van der Waals surface area contributed by atoms with E-state index in [-0.39, 0.29) is 11.9 Å². The Hall–Kier alpha value is -2.11. The van der Waals surface area contributed by atoms with Gasteiger partial charge in [0.15, 0.2) is 5.79 Å². The largest absolute Gasteiger partial charge is 0.361 e. The zero-order valence-electron chi connectivity index (χ0n) is 13.4. The monoisotopic (exact) mass is 324 g/mol. The van der Waals surface area contributed by atoms with Crippen LogP contribution >= 0.6 is 0 Å². The molecule has 3 aliphatic heterocycles. The lowest BCUT2D eigenvalue weighted by Crippen LogP contribution is -2.63. The SMILES string of the molecule is O=C(Cc1c[nH]c2ccccc12)N1C[C@@H]2C=C[C@H]1C1(C2)OCCO1. The second kappa shape index (κ2) is 5.19. The Kier molecular flexibility index (Phi) is 3.08. The molecule has 124 valence electrons. The van der Waals surface area contributed by atoms with Crippen LogP contribution in [0.25, 0.3) is 10.9 Å². The number of ether oxygens (including phenoxy) is 2. The molecule has 2 atom stereocenters. The van der Waals surface area contributed by atoms with E-state index in [2.05, 4.69) is 23.2 Å². The summed E-state index contributed by atoms with van der Waals surface area (Å²) in [7, 11) is 0. The number of fused-ring (bicyclic) bond motifs is 2. The van der Waals surface area contributed by atoms with E-state index >= 15 is 0 Å². The molecule has 2 fully saturated rings. The Morgan fingerprint density at radius 3 is 2.92 bits per heavy atom. The van der Waals surface area contributed by atoms with E-state index in [1.165, 1.54) is 0 Å². The number of nitrogens with one attached hydrogen (secondary N) is 1. The molecule has 1 N–H and O–H groups in total. The first-order chi connectivity index (χ1) is 11.8. The van der Waals surface area contributed by atoms with Crippen LogP contribution in [-0.2, 0) is 20.7 Å². The zero-order valence-corrected chi connectivity index (χ0v) is 13.4. The summed E-state index contributed by atoms with van der Waals surface area (Å²) in [5, 5.41) is 1.12. The van der Waals surface area contributed by atoms with Crippen LogP contribution in [0.2, 0.25) is 0 Å². The summed E-state index contributed by atoms with van der Waals surface area (Å²) in [5.74, 6) is -0.162. The lowest BCUT2D eigenvalue weighted by Gasteiger charge is -2.50. The summed E-state index contributed by atoms with van der Waals surface area (Å²) in [6.45, 7) is 1.99. The third kappa shape index (κ3) is 2.05. The van der Waals surface area contributed by atoms with Gasteiger partial charge in [0.25, 0.3) is 0 Å². The predicted octanol–water partition coefficient (Wildman–Crippen LogP) is 2.24. The Morgan fingerprint density at radius 1 is 1.25 bits per heavy atom. The molecule has 1 aromatic carbocycles. The van der Waals surface area contributed by atoms with Crippen LogP contribution in [0.1, 0.15) is 12.0 Å². The van der Waals surface area contributed by atoms with Gasteiger partial charge in [-0.1, -0.05) is 30.4 Å². The summed E-state index contributed by atoms with van der Waals surface area (Å²) in [4.78, 5) is 18.2. The van der Waals surface area contributed by atoms with Gasteiger partial charge in [0, 0.05) is 30.1 Å². The second-order valence-corrected chi connectivity index (χ2v) is 6.89. The topological polar surface area (TPSA) is 54.6 Å². The summed E-state index contributed by atoms with van der Waals surface area (Å²) in [6.07, 6.45) is 7.49. The molecular weight excluding hydrogens is 304 g/mol. The van der Waals surface area contributed by atoms with Crippen LogP contribution < -0.4 is 0 Å². The maximum absolute atomic E-state index is 13.0. The van der Waals surface area contributed by atoms with Crippen LogP contribution in [0.3, 0.4) is 0 Å². The number of hydrogen-bond acceptors (Lipinski definition) is 3. The molecule has 0 saturated carbocycles. The van der Waals surface area contributed by atoms with Crippen molar-refractivity contribution in [2.24, 2.45) is 5.92 Å². The molecular formula is C19H20N2O3. The van der Waals surface area contributed by atoms with Gasteiger partial charge >= 0.3 is 0 Å². The number of rotatable bonds is 2. The number of para-hydroxylation sites is 1. The summed E-state index contributed by atoms with van der Waals surface area (Å²) in [6, 6.07) is 7.98. The van der Waals surface area contributed by atoms with E-state index in [4.69, 9.17) is 9.47 Å². The fraction of sp³-hybridized carbons (Fsp3) is 0.421. The normalized spacial score (nSPS) is 27.4. The van der Waals surface area contributed by atoms with Crippen LogP contribution in [0, 0.1) is 5.92 Å². The van der Waals surface area contributed by atoms with Crippen molar-refractivity contribution in [1.29, 1.82) is 0 Å². The lowest BCUT2D eigenvalue weighted by atomic mass is 9.80. The lowest BCUT2D eigenvalue weighted by molar-refractivity contribution is -0.223. The van der Waals surface area contributed by atoms with E-state index in [1.807, 2.05) is 29.3 Å². The van der Waals surface area contributed by atoms with Gasteiger partial charge in [-0.3, -0.25) is 4.79 Å². The summed E-state index contributed by atoms with van der Waals surface area (Å²) in [5.41, 5.74) is 2.11. The fourth-order valence-corrected chi connectivity index (χ4v) is 4.35. The molecule has 1 amide bonds. The van der Waals surface area contributed by atoms with Crippen molar-refractivity contribution in [3.05, 3.63) is 48.2 Å². The summed E-state index contributed by atoms with van der Waals surface area (Å²) < 4.78 is 11.9. The van der Waals surface area contributed by atoms with Crippen LogP contribution in [-0.4, -0.2) is 47.4 Å². The van der Waals surface area contributed by atoms with Gasteiger partial charge in [-0.25, -0.2) is 0 Å². The van der Waals surface area contributed by atoms with Gasteiger partial charge in [0.1, 0.15) is 6.04 Å². The number of benzene rings is 1. The van der Waals surface area contributed by atoms with Crippen molar-refractivity contribution in [1.82, 2.24) is 9.88 Å². The molecule has 4 heterocycles. The number of H-pyrrole nitrogens is 1. The number of piperidine rings is 1. The third-order valence-electron chi connectivity index (χ3n) is 5.44. The molecule has 2 aromatic rings. The number of carbonyl (C=O) groups excluding carboxylic acids is 1. The van der Waals surface area contributed by atoms with Crippen molar-refractivity contribution in [3.8, 4) is 0 Å². The van der Waals surface area contributed by atoms with Crippen molar-refractivity contribution >= 4 is 16.8 Å². The quantitative estimate of drug-likeness (QED) is 0.862. The highest BCUT2D eigenvalue weighted by molar-refractivity contribution is 5.89. The molecule has 0 unspecified atom stereocenters. The van der Waals surface area contributed by atoms with Gasteiger partial charge in [0.05, 0.1) is 19.6 Å². The molecule has 24 heavy (non-hydrogen) atoms. The Labute approximate surface area is 140 Å². The molecule has 1 spiro atoms. The van der Waals surface area contributed by atoms with E-state index in [0.717, 1.165) is 29.4 Å². The van der Waals surface area contributed by atoms with Crippen molar-refractivity contribution in [2.75, 3.05) is 19.8 Å². The van der Waals surface area contributed by atoms with Gasteiger partial charge in [-0.15, -0.1) is 0 Å². The number of amides is 1. The minimum absolute atomic E-state index is 0.109. The number of nitrogens with zero attached hydrogens (tertiary/aromatic N) is 1. The van der Waals surface area contributed by atoms with E-state index in [0.29, 0.717) is 25.6 Å². The molecule has 1 aromatic heterocycles. The van der Waals surface area contributed by atoms with Gasteiger partial charge in [-0.05, 0) is 17.5 Å². The maximum atomic E-state index is 13.0. The summed E-state index contributed by atoms with van der Waals surface area (Å²) >= 11 is 0. The Balaban J connectivity index is 1.42. The number of aromatic nitrogens is 1. The molecule has 6 rings (SSSR count). The van der Waals surface area contributed by atoms with Gasteiger partial charge < -0.3 is 19.4 Å². The molecule has 5 nitrogen and oxygen atoms in total. The highest BCUT2D eigenvalue weighted by atomic mass is 16.7. The van der Waals surface area contributed by atoms with E-state index < -0.39 is 5.79 Å². The van der Waals surface area contributed by atoms with Gasteiger partial charge in [0.2, 0.25) is 5.91 Å². The fourth-order valence-electron chi connectivity index (χ4n) is 4.35. The minimum atomic E-state index is -0.618. The Morgan fingerprint density at radius 2 is 2.08 bits per heavy atom. The molecule has 1 aliphatic carbocycles. The zero-order chi connectivity index (χ0) is 16.1. The average molecular weight is 324 g/mol. The molecule has 5 heteroatoms. The predicted molar refractivity (Wildman–Crippen MR) is 89.4 cm³/mol. The highest BCUT2D eigenvalue weighted by Crippen LogP contribution is 2.43. The maximum Gasteiger partial charge on any atom is 0.227 e.